The average Bonchev–Trinajstić information content (AvgIpc) is 2.45. The van der Waals surface area contributed by atoms with Gasteiger partial charge in [0.2, 0.25) is 0 Å². The first-order valence-electron chi connectivity index (χ1n) is 6.32. The van der Waals surface area contributed by atoms with Crippen LogP contribution in [0.5, 0.6) is 5.75 Å². The van der Waals surface area contributed by atoms with Crippen LogP contribution in [0, 0.1) is 6.92 Å². The van der Waals surface area contributed by atoms with Gasteiger partial charge in [-0.3, -0.25) is 4.79 Å². The highest BCUT2D eigenvalue weighted by Gasteiger charge is 2.09. The second-order valence-corrected chi connectivity index (χ2v) is 4.90. The number of alkyl halides is 1. The second-order valence-electron chi connectivity index (χ2n) is 4.64. The van der Waals surface area contributed by atoms with Gasteiger partial charge in [0.05, 0.1) is 0 Å². The molecule has 2 aromatic carbocycles. The summed E-state index contributed by atoms with van der Waals surface area (Å²) in [4.78, 5) is 12.1. The lowest BCUT2D eigenvalue weighted by Crippen LogP contribution is -2.23. The highest BCUT2D eigenvalue weighted by Crippen LogP contribution is 2.15. The van der Waals surface area contributed by atoms with Crippen molar-refractivity contribution in [2.45, 2.75) is 19.3 Å². The van der Waals surface area contributed by atoms with Gasteiger partial charge in [-0.15, -0.1) is 11.6 Å². The molecular formula is C16H16ClNO2. The summed E-state index contributed by atoms with van der Waals surface area (Å²) in [7, 11) is 0. The van der Waals surface area contributed by atoms with Crippen molar-refractivity contribution in [2.24, 2.45) is 0 Å². The maximum atomic E-state index is 12.1. The predicted molar refractivity (Wildman–Crippen MR) is 80.0 cm³/mol. The van der Waals surface area contributed by atoms with Crippen LogP contribution >= 0.6 is 11.6 Å². The standard InChI is InChI=1S/C16H16ClNO2/c1-11-7-14(19)5-6-15(11)16(20)18-10-13-4-2-3-12(8-13)9-17/h2-8,19H,9-10H2,1H3,(H,18,20). The van der Waals surface area contributed by atoms with E-state index >= 15 is 0 Å². The van der Waals surface area contributed by atoms with E-state index in [1.54, 1.807) is 19.1 Å². The molecule has 20 heavy (non-hydrogen) atoms. The highest BCUT2D eigenvalue weighted by atomic mass is 35.5. The van der Waals surface area contributed by atoms with Gasteiger partial charge in [0.15, 0.2) is 0 Å². The molecule has 4 heteroatoms. The van der Waals surface area contributed by atoms with Gasteiger partial charge in [0.25, 0.3) is 5.91 Å². The van der Waals surface area contributed by atoms with E-state index < -0.39 is 0 Å². The van der Waals surface area contributed by atoms with Crippen molar-refractivity contribution < 1.29 is 9.90 Å². The molecule has 0 aliphatic carbocycles. The maximum Gasteiger partial charge on any atom is 0.251 e. The molecule has 3 nitrogen and oxygen atoms in total. The summed E-state index contributed by atoms with van der Waals surface area (Å²) in [6.45, 7) is 2.24. The Hall–Kier alpha value is -2.00. The van der Waals surface area contributed by atoms with E-state index in [2.05, 4.69) is 5.32 Å². The van der Waals surface area contributed by atoms with Crippen LogP contribution in [0.2, 0.25) is 0 Å². The minimum atomic E-state index is -0.154. The summed E-state index contributed by atoms with van der Waals surface area (Å²) in [5.74, 6) is 0.464. The normalized spacial score (nSPS) is 10.3. The lowest BCUT2D eigenvalue weighted by molar-refractivity contribution is 0.0950. The van der Waals surface area contributed by atoms with Gasteiger partial charge in [0.1, 0.15) is 5.75 Å². The fourth-order valence-electron chi connectivity index (χ4n) is 2.00. The third-order valence-electron chi connectivity index (χ3n) is 3.05. The molecule has 0 saturated heterocycles. The van der Waals surface area contributed by atoms with Crippen LogP contribution in [0.15, 0.2) is 42.5 Å². The Kier molecular flexibility index (Phi) is 4.64. The lowest BCUT2D eigenvalue weighted by atomic mass is 10.1. The molecule has 104 valence electrons. The first-order valence-corrected chi connectivity index (χ1v) is 6.85. The number of hydrogen-bond donors (Lipinski definition) is 2. The number of carbonyl (C=O) groups is 1. The predicted octanol–water partition coefficient (Wildman–Crippen LogP) is 3.37. The summed E-state index contributed by atoms with van der Waals surface area (Å²) in [6.07, 6.45) is 0. The highest BCUT2D eigenvalue weighted by molar-refractivity contribution is 6.17. The van der Waals surface area contributed by atoms with Crippen LogP contribution in [0.25, 0.3) is 0 Å². The number of halogens is 1. The van der Waals surface area contributed by atoms with Crippen LogP contribution in [-0.4, -0.2) is 11.0 Å². The molecule has 0 unspecified atom stereocenters. The first kappa shape index (κ1) is 14.4. The van der Waals surface area contributed by atoms with Gasteiger partial charge in [-0.1, -0.05) is 24.3 Å². The van der Waals surface area contributed by atoms with Gasteiger partial charge in [-0.25, -0.2) is 0 Å². The van der Waals surface area contributed by atoms with E-state index in [4.69, 9.17) is 11.6 Å². The number of nitrogens with one attached hydrogen (secondary N) is 1. The van der Waals surface area contributed by atoms with E-state index in [1.807, 2.05) is 24.3 Å². The van der Waals surface area contributed by atoms with Crippen molar-refractivity contribution in [1.29, 1.82) is 0 Å². The summed E-state index contributed by atoms with van der Waals surface area (Å²) < 4.78 is 0. The van der Waals surface area contributed by atoms with Crippen LogP contribution in [0.3, 0.4) is 0 Å². The number of aryl methyl sites for hydroxylation is 1. The quantitative estimate of drug-likeness (QED) is 0.848. The molecule has 0 aliphatic rings. The van der Waals surface area contributed by atoms with E-state index in [0.717, 1.165) is 16.7 Å². The summed E-state index contributed by atoms with van der Waals surface area (Å²) in [6, 6.07) is 12.5. The second kappa shape index (κ2) is 6.44. The van der Waals surface area contributed by atoms with E-state index in [0.29, 0.717) is 18.0 Å². The third kappa shape index (κ3) is 3.52. The molecular weight excluding hydrogens is 274 g/mol. The molecule has 2 rings (SSSR count). The Labute approximate surface area is 123 Å². The average molecular weight is 290 g/mol. The molecule has 0 saturated carbocycles. The Morgan fingerprint density at radius 1 is 1.20 bits per heavy atom. The minimum Gasteiger partial charge on any atom is -0.508 e. The van der Waals surface area contributed by atoms with Crippen LogP contribution in [0.4, 0.5) is 0 Å². The number of rotatable bonds is 4. The smallest absolute Gasteiger partial charge is 0.251 e. The molecule has 0 radical (unpaired) electrons. The zero-order valence-electron chi connectivity index (χ0n) is 11.2. The molecule has 0 aromatic heterocycles. The van der Waals surface area contributed by atoms with Crippen LogP contribution in [0.1, 0.15) is 27.0 Å². The van der Waals surface area contributed by atoms with Gasteiger partial charge < -0.3 is 10.4 Å². The SMILES string of the molecule is Cc1cc(O)ccc1C(=O)NCc1cccc(CCl)c1. The van der Waals surface area contributed by atoms with Crippen molar-refractivity contribution in [3.05, 3.63) is 64.7 Å². The van der Waals surface area contributed by atoms with E-state index in [9.17, 15) is 9.90 Å². The number of phenolic OH excluding ortho intramolecular Hbond substituents is 1. The molecule has 0 heterocycles. The Bertz CT molecular complexity index is 626. The Morgan fingerprint density at radius 3 is 2.65 bits per heavy atom. The zero-order chi connectivity index (χ0) is 14.5. The van der Waals surface area contributed by atoms with Crippen molar-refractivity contribution in [3.63, 3.8) is 0 Å². The molecule has 0 spiro atoms. The summed E-state index contributed by atoms with van der Waals surface area (Å²) in [5, 5.41) is 12.2. The van der Waals surface area contributed by atoms with Crippen LogP contribution in [-0.2, 0) is 12.4 Å². The zero-order valence-corrected chi connectivity index (χ0v) is 11.9. The minimum absolute atomic E-state index is 0.154. The Balaban J connectivity index is 2.04. The van der Waals surface area contributed by atoms with Crippen molar-refractivity contribution in [1.82, 2.24) is 5.32 Å². The molecule has 0 aliphatic heterocycles. The topological polar surface area (TPSA) is 49.3 Å². The summed E-state index contributed by atoms with van der Waals surface area (Å²) >= 11 is 5.78. The molecule has 0 bridgehead atoms. The maximum absolute atomic E-state index is 12.1. The molecule has 0 atom stereocenters. The molecule has 2 N–H and O–H groups in total. The fraction of sp³-hybridized carbons (Fsp3) is 0.188. The third-order valence-corrected chi connectivity index (χ3v) is 3.36. The largest absolute Gasteiger partial charge is 0.508 e. The number of benzene rings is 2. The monoisotopic (exact) mass is 289 g/mol. The lowest BCUT2D eigenvalue weighted by Gasteiger charge is -2.09. The number of amides is 1. The number of phenols is 1. The van der Waals surface area contributed by atoms with Crippen LogP contribution < -0.4 is 5.32 Å². The van der Waals surface area contributed by atoms with Crippen molar-refractivity contribution >= 4 is 17.5 Å². The molecule has 0 fully saturated rings. The van der Waals surface area contributed by atoms with Crippen molar-refractivity contribution in [3.8, 4) is 5.75 Å². The summed E-state index contributed by atoms with van der Waals surface area (Å²) in [5.41, 5.74) is 3.35. The fourth-order valence-corrected chi connectivity index (χ4v) is 2.17. The Morgan fingerprint density at radius 2 is 1.95 bits per heavy atom. The molecule has 1 amide bonds. The van der Waals surface area contributed by atoms with Gasteiger partial charge in [0, 0.05) is 18.0 Å². The van der Waals surface area contributed by atoms with E-state index in [-0.39, 0.29) is 11.7 Å². The van der Waals surface area contributed by atoms with Gasteiger partial charge in [-0.2, -0.15) is 0 Å². The number of hydrogen-bond acceptors (Lipinski definition) is 2. The van der Waals surface area contributed by atoms with Gasteiger partial charge >= 0.3 is 0 Å². The van der Waals surface area contributed by atoms with Crippen molar-refractivity contribution in [2.75, 3.05) is 0 Å². The van der Waals surface area contributed by atoms with Gasteiger partial charge in [-0.05, 0) is 41.8 Å². The number of carbonyl (C=O) groups excluding carboxylic acids is 1. The van der Waals surface area contributed by atoms with E-state index in [1.165, 1.54) is 6.07 Å². The first-order chi connectivity index (χ1) is 9.60. The number of aromatic hydroxyl groups is 1. The molecule has 2 aromatic rings.